The molecule has 2 rings (SSSR count). The van der Waals surface area contributed by atoms with E-state index in [9.17, 15) is 4.39 Å². The molecule has 2 nitrogen and oxygen atoms in total. The van der Waals surface area contributed by atoms with Gasteiger partial charge in [0.1, 0.15) is 11.2 Å². The third-order valence-electron chi connectivity index (χ3n) is 2.48. The Morgan fingerprint density at radius 3 is 2.64 bits per heavy atom. The summed E-state index contributed by atoms with van der Waals surface area (Å²) >= 11 is 0. The first kappa shape index (κ1) is 9.17. The molecule has 0 amide bonds. The lowest BCUT2D eigenvalue weighted by Gasteiger charge is -2.35. The first-order valence-corrected chi connectivity index (χ1v) is 4.48. The first-order chi connectivity index (χ1) is 6.76. The number of hydrogen-bond acceptors (Lipinski definition) is 2. The Morgan fingerprint density at radius 2 is 2.14 bits per heavy atom. The van der Waals surface area contributed by atoms with Crippen molar-refractivity contribution in [2.45, 2.75) is 6.42 Å². The van der Waals surface area contributed by atoms with Crippen LogP contribution in [0.1, 0.15) is 5.56 Å². The molecule has 14 heavy (non-hydrogen) atoms. The molecular weight excluding hydrogens is 181 g/mol. The second-order valence-corrected chi connectivity index (χ2v) is 3.65. The van der Waals surface area contributed by atoms with Crippen LogP contribution in [0.15, 0.2) is 24.3 Å². The highest BCUT2D eigenvalue weighted by Gasteiger charge is 2.39. The molecule has 1 aromatic carbocycles. The van der Waals surface area contributed by atoms with Gasteiger partial charge >= 0.3 is 0 Å². The maximum Gasteiger partial charge on any atom is 0.126 e. The smallest absolute Gasteiger partial charge is 0.126 e. The van der Waals surface area contributed by atoms with Crippen LogP contribution in [0.4, 0.5) is 4.39 Å². The maximum atomic E-state index is 13.3. The summed E-state index contributed by atoms with van der Waals surface area (Å²) in [5, 5.41) is 8.94. The molecule has 1 aliphatic heterocycles. The molecule has 1 fully saturated rings. The van der Waals surface area contributed by atoms with Crippen LogP contribution in [-0.4, -0.2) is 13.2 Å². The quantitative estimate of drug-likeness (QED) is 0.715. The summed E-state index contributed by atoms with van der Waals surface area (Å²) < 4.78 is 18.3. The van der Waals surface area contributed by atoms with Crippen molar-refractivity contribution in [3.05, 3.63) is 35.6 Å². The van der Waals surface area contributed by atoms with Gasteiger partial charge in [-0.3, -0.25) is 0 Å². The molecule has 0 aliphatic carbocycles. The molecule has 1 saturated heterocycles. The van der Waals surface area contributed by atoms with E-state index in [-0.39, 0.29) is 5.82 Å². The molecule has 1 heterocycles. The fraction of sp³-hybridized carbons (Fsp3) is 0.364. The Bertz CT molecular complexity index is 379. The molecule has 1 aliphatic rings. The monoisotopic (exact) mass is 191 g/mol. The van der Waals surface area contributed by atoms with Gasteiger partial charge in [0.25, 0.3) is 0 Å². The fourth-order valence-corrected chi connectivity index (χ4v) is 1.56. The van der Waals surface area contributed by atoms with Crippen molar-refractivity contribution in [1.82, 2.24) is 0 Å². The Morgan fingerprint density at radius 1 is 1.43 bits per heavy atom. The topological polar surface area (TPSA) is 33.0 Å². The molecule has 0 saturated carbocycles. The fourth-order valence-electron chi connectivity index (χ4n) is 1.56. The van der Waals surface area contributed by atoms with Gasteiger partial charge in [-0.1, -0.05) is 18.2 Å². The zero-order chi connectivity index (χ0) is 10.0. The van der Waals surface area contributed by atoms with Crippen LogP contribution in [0.5, 0.6) is 0 Å². The Kier molecular flexibility index (Phi) is 2.22. The summed E-state index contributed by atoms with van der Waals surface area (Å²) in [4.78, 5) is 0. The number of benzene rings is 1. The van der Waals surface area contributed by atoms with Crippen molar-refractivity contribution in [1.29, 1.82) is 5.26 Å². The van der Waals surface area contributed by atoms with Gasteiger partial charge < -0.3 is 4.74 Å². The van der Waals surface area contributed by atoms with E-state index in [1.807, 2.05) is 0 Å². The largest absolute Gasteiger partial charge is 0.378 e. The molecule has 3 heteroatoms. The van der Waals surface area contributed by atoms with Crippen LogP contribution in [-0.2, 0) is 11.2 Å². The van der Waals surface area contributed by atoms with Crippen LogP contribution >= 0.6 is 0 Å². The summed E-state index contributed by atoms with van der Waals surface area (Å²) in [5.74, 6) is -0.242. The van der Waals surface area contributed by atoms with Crippen molar-refractivity contribution < 1.29 is 9.13 Å². The van der Waals surface area contributed by atoms with Gasteiger partial charge in [-0.15, -0.1) is 0 Å². The highest BCUT2D eigenvalue weighted by Crippen LogP contribution is 2.31. The normalized spacial score (nSPS) is 18.3. The van der Waals surface area contributed by atoms with E-state index in [1.165, 1.54) is 6.07 Å². The number of hydrogen-bond donors (Lipinski definition) is 0. The average Bonchev–Trinajstić information content (AvgIpc) is 2.14. The summed E-state index contributed by atoms with van der Waals surface area (Å²) in [7, 11) is 0. The summed E-state index contributed by atoms with van der Waals surface area (Å²) in [6.07, 6.45) is 0.441. The summed E-state index contributed by atoms with van der Waals surface area (Å²) in [6, 6.07) is 8.76. The standard InChI is InChI=1S/C11H10FNO/c12-10-4-2-1-3-9(10)5-11(6-13)7-14-8-11/h1-4H,5,7-8H2. The predicted molar refractivity (Wildman–Crippen MR) is 49.0 cm³/mol. The highest BCUT2D eigenvalue weighted by atomic mass is 19.1. The van der Waals surface area contributed by atoms with Crippen LogP contribution in [0.3, 0.4) is 0 Å². The minimum Gasteiger partial charge on any atom is -0.378 e. The van der Waals surface area contributed by atoms with Crippen molar-refractivity contribution >= 4 is 0 Å². The lowest BCUT2D eigenvalue weighted by molar-refractivity contribution is -0.0768. The number of ether oxygens (including phenoxy) is 1. The Balaban J connectivity index is 2.19. The van der Waals surface area contributed by atoms with Gasteiger partial charge in [-0.05, 0) is 18.1 Å². The number of rotatable bonds is 2. The second kappa shape index (κ2) is 3.39. The molecule has 0 spiro atoms. The molecule has 0 radical (unpaired) electrons. The van der Waals surface area contributed by atoms with Gasteiger partial charge in [0.15, 0.2) is 0 Å². The van der Waals surface area contributed by atoms with Gasteiger partial charge in [0.2, 0.25) is 0 Å². The minimum atomic E-state index is -0.498. The van der Waals surface area contributed by atoms with E-state index in [0.29, 0.717) is 25.2 Å². The van der Waals surface area contributed by atoms with E-state index in [0.717, 1.165) is 0 Å². The number of nitrogens with zero attached hydrogens (tertiary/aromatic N) is 1. The number of halogens is 1. The van der Waals surface area contributed by atoms with E-state index >= 15 is 0 Å². The van der Waals surface area contributed by atoms with Crippen molar-refractivity contribution in [2.75, 3.05) is 13.2 Å². The molecule has 0 unspecified atom stereocenters. The lowest BCUT2D eigenvalue weighted by Crippen LogP contribution is -2.43. The molecule has 0 atom stereocenters. The molecule has 1 aromatic rings. The minimum absolute atomic E-state index is 0.242. The van der Waals surface area contributed by atoms with Gasteiger partial charge in [0.05, 0.1) is 19.3 Å². The molecule has 0 aromatic heterocycles. The van der Waals surface area contributed by atoms with E-state index < -0.39 is 5.41 Å². The zero-order valence-corrected chi connectivity index (χ0v) is 7.66. The zero-order valence-electron chi connectivity index (χ0n) is 7.66. The van der Waals surface area contributed by atoms with Crippen LogP contribution in [0, 0.1) is 22.6 Å². The summed E-state index contributed by atoms with van der Waals surface area (Å²) in [5.41, 5.74) is 0.0969. The molecule has 0 N–H and O–H groups in total. The Labute approximate surface area is 81.9 Å². The Hall–Kier alpha value is -1.40. The third-order valence-corrected chi connectivity index (χ3v) is 2.48. The molecule has 0 bridgehead atoms. The third kappa shape index (κ3) is 1.49. The highest BCUT2D eigenvalue weighted by molar-refractivity contribution is 5.22. The van der Waals surface area contributed by atoms with Crippen molar-refractivity contribution in [3.8, 4) is 6.07 Å². The maximum absolute atomic E-state index is 13.3. The lowest BCUT2D eigenvalue weighted by atomic mass is 9.81. The summed E-state index contributed by atoms with van der Waals surface area (Å²) in [6.45, 7) is 0.829. The van der Waals surface area contributed by atoms with Gasteiger partial charge in [0, 0.05) is 0 Å². The first-order valence-electron chi connectivity index (χ1n) is 4.48. The number of nitriles is 1. The van der Waals surface area contributed by atoms with Crippen molar-refractivity contribution in [3.63, 3.8) is 0 Å². The molecular formula is C11H10FNO. The van der Waals surface area contributed by atoms with E-state index in [1.54, 1.807) is 18.2 Å². The van der Waals surface area contributed by atoms with E-state index in [4.69, 9.17) is 10.00 Å². The van der Waals surface area contributed by atoms with Crippen molar-refractivity contribution in [2.24, 2.45) is 5.41 Å². The predicted octanol–water partition coefficient (Wildman–Crippen LogP) is 1.91. The average molecular weight is 191 g/mol. The van der Waals surface area contributed by atoms with Gasteiger partial charge in [-0.25, -0.2) is 4.39 Å². The van der Waals surface area contributed by atoms with Crippen LogP contribution in [0.2, 0.25) is 0 Å². The molecule has 72 valence electrons. The SMILES string of the molecule is N#CC1(Cc2ccccc2F)COC1. The van der Waals surface area contributed by atoms with Gasteiger partial charge in [-0.2, -0.15) is 5.26 Å². The van der Waals surface area contributed by atoms with Crippen LogP contribution < -0.4 is 0 Å². The van der Waals surface area contributed by atoms with Crippen LogP contribution in [0.25, 0.3) is 0 Å². The second-order valence-electron chi connectivity index (χ2n) is 3.65. The van der Waals surface area contributed by atoms with E-state index in [2.05, 4.69) is 6.07 Å².